The summed E-state index contributed by atoms with van der Waals surface area (Å²) in [6.45, 7) is 4.02. The molecular formula is C26H47NO. The van der Waals surface area contributed by atoms with Crippen LogP contribution < -0.4 is 5.73 Å². The second-order valence-corrected chi connectivity index (χ2v) is 8.12. The van der Waals surface area contributed by atoms with Crippen LogP contribution in [0.25, 0.3) is 0 Å². The van der Waals surface area contributed by atoms with Crippen molar-refractivity contribution in [2.45, 2.75) is 123 Å². The Morgan fingerprint density at radius 1 is 0.643 bits per heavy atom. The van der Waals surface area contributed by atoms with E-state index in [2.05, 4.69) is 19.1 Å². The smallest absolute Gasteiger partial charge is 0.244 e. The third-order valence-electron chi connectivity index (χ3n) is 5.32. The van der Waals surface area contributed by atoms with Crippen molar-refractivity contribution in [1.29, 1.82) is 0 Å². The predicted molar refractivity (Wildman–Crippen MR) is 125 cm³/mol. The number of unbranched alkanes of at least 4 members (excludes halogenated alkanes) is 16. The van der Waals surface area contributed by atoms with Crippen molar-refractivity contribution < 1.29 is 4.79 Å². The first-order valence-electron chi connectivity index (χ1n) is 12.0. The number of hydrogen-bond acceptors (Lipinski definition) is 1. The van der Waals surface area contributed by atoms with Crippen molar-refractivity contribution in [3.8, 4) is 0 Å². The van der Waals surface area contributed by atoms with E-state index >= 15 is 0 Å². The van der Waals surface area contributed by atoms with Gasteiger partial charge in [0.15, 0.2) is 0 Å². The molecule has 0 aliphatic heterocycles. The van der Waals surface area contributed by atoms with Crippen molar-refractivity contribution in [2.75, 3.05) is 0 Å². The lowest BCUT2D eigenvalue weighted by atomic mass is 10.0. The van der Waals surface area contributed by atoms with Gasteiger partial charge in [0.25, 0.3) is 0 Å². The van der Waals surface area contributed by atoms with Gasteiger partial charge in [0.1, 0.15) is 0 Å². The van der Waals surface area contributed by atoms with Gasteiger partial charge in [-0.25, -0.2) is 0 Å². The summed E-state index contributed by atoms with van der Waals surface area (Å²) in [5.41, 5.74) is 5.75. The molecule has 162 valence electrons. The van der Waals surface area contributed by atoms with Crippen LogP contribution >= 0.6 is 0 Å². The van der Waals surface area contributed by atoms with Gasteiger partial charge in [0.2, 0.25) is 5.91 Å². The van der Waals surface area contributed by atoms with E-state index in [1.165, 1.54) is 103 Å². The molecule has 0 saturated heterocycles. The normalized spacial score (nSPS) is 12.4. The Morgan fingerprint density at radius 2 is 1.07 bits per heavy atom. The van der Waals surface area contributed by atoms with E-state index < -0.39 is 0 Å². The summed E-state index contributed by atoms with van der Waals surface area (Å²) in [5, 5.41) is 0. The third kappa shape index (κ3) is 21.0. The molecule has 0 bridgehead atoms. The molecule has 0 saturated carbocycles. The predicted octanol–water partition coefficient (Wildman–Crippen LogP) is 8.18. The van der Waals surface area contributed by atoms with Crippen molar-refractivity contribution in [3.05, 3.63) is 36.0 Å². The van der Waals surface area contributed by atoms with Crippen LogP contribution in [0.5, 0.6) is 0 Å². The zero-order chi connectivity index (χ0) is 20.7. The van der Waals surface area contributed by atoms with Crippen LogP contribution in [0.1, 0.15) is 123 Å². The number of carbonyl (C=O) groups is 1. The Morgan fingerprint density at radius 3 is 1.50 bits per heavy atom. The van der Waals surface area contributed by atoms with E-state index in [4.69, 9.17) is 5.73 Å². The van der Waals surface area contributed by atoms with Crippen molar-refractivity contribution >= 4 is 5.91 Å². The molecule has 0 aliphatic carbocycles. The lowest BCUT2D eigenvalue weighted by Gasteiger charge is -2.03. The second kappa shape index (κ2) is 22.0. The van der Waals surface area contributed by atoms with Gasteiger partial charge in [-0.2, -0.15) is 0 Å². The Balaban J connectivity index is 3.23. The summed E-state index contributed by atoms with van der Waals surface area (Å²) in [5.74, 6) is -0.359. The summed E-state index contributed by atoms with van der Waals surface area (Å²) in [6, 6.07) is 0. The second-order valence-electron chi connectivity index (χ2n) is 8.12. The monoisotopic (exact) mass is 389 g/mol. The molecule has 0 aromatic rings. The maximum Gasteiger partial charge on any atom is 0.244 e. The largest absolute Gasteiger partial charge is 0.366 e. The SMILES string of the molecule is CCCCCCCCCCCCCCCCCCC=CC=CC=C(C)C(N)=O. The first kappa shape index (κ1) is 26.7. The topological polar surface area (TPSA) is 43.1 Å². The lowest BCUT2D eigenvalue weighted by molar-refractivity contribution is -0.114. The fourth-order valence-electron chi connectivity index (χ4n) is 3.33. The third-order valence-corrected chi connectivity index (χ3v) is 5.32. The van der Waals surface area contributed by atoms with Crippen molar-refractivity contribution in [1.82, 2.24) is 0 Å². The summed E-state index contributed by atoms with van der Waals surface area (Å²) >= 11 is 0. The fraction of sp³-hybridized carbons (Fsp3) is 0.731. The standard InChI is InChI=1S/C26H47NO/c1-3-4-5-6-7-8-9-10-11-12-13-14-15-16-17-18-19-20-21-22-23-24-25(2)26(27)28/h20-24H,3-19H2,1-2H3,(H2,27,28). The van der Waals surface area contributed by atoms with Crippen LogP contribution in [0, 0.1) is 0 Å². The van der Waals surface area contributed by atoms with Gasteiger partial charge in [0.05, 0.1) is 0 Å². The zero-order valence-corrected chi connectivity index (χ0v) is 18.9. The van der Waals surface area contributed by atoms with Crippen molar-refractivity contribution in [3.63, 3.8) is 0 Å². The number of primary amides is 1. The molecule has 0 atom stereocenters. The Hall–Kier alpha value is -1.31. The summed E-state index contributed by atoms with van der Waals surface area (Å²) in [7, 11) is 0. The minimum atomic E-state index is -0.359. The van der Waals surface area contributed by atoms with Crippen LogP contribution in [0.15, 0.2) is 36.0 Å². The van der Waals surface area contributed by atoms with E-state index in [1.807, 2.05) is 12.2 Å². The van der Waals surface area contributed by atoms with Gasteiger partial charge >= 0.3 is 0 Å². The molecule has 0 heterocycles. The number of nitrogens with two attached hydrogens (primary N) is 1. The highest BCUT2D eigenvalue weighted by Crippen LogP contribution is 2.14. The number of rotatable bonds is 20. The van der Waals surface area contributed by atoms with Gasteiger partial charge in [-0.15, -0.1) is 0 Å². The minimum Gasteiger partial charge on any atom is -0.366 e. The molecule has 0 rings (SSSR count). The van der Waals surface area contributed by atoms with E-state index in [9.17, 15) is 4.79 Å². The van der Waals surface area contributed by atoms with Crippen molar-refractivity contribution in [2.24, 2.45) is 5.73 Å². The minimum absolute atomic E-state index is 0.359. The Labute approximate surface area is 175 Å². The van der Waals surface area contributed by atoms with Gasteiger partial charge < -0.3 is 5.73 Å². The molecule has 0 spiro atoms. The first-order valence-corrected chi connectivity index (χ1v) is 12.0. The summed E-state index contributed by atoms with van der Waals surface area (Å²) in [4.78, 5) is 10.8. The van der Waals surface area contributed by atoms with E-state index in [0.29, 0.717) is 5.57 Å². The molecule has 0 fully saturated rings. The fourth-order valence-corrected chi connectivity index (χ4v) is 3.33. The van der Waals surface area contributed by atoms with Crippen LogP contribution in [-0.2, 0) is 4.79 Å². The highest BCUT2D eigenvalue weighted by Gasteiger charge is 1.94. The number of allylic oxidation sites excluding steroid dienone is 5. The highest BCUT2D eigenvalue weighted by molar-refractivity contribution is 5.91. The maximum absolute atomic E-state index is 10.8. The molecule has 0 aromatic heterocycles. The Bertz CT molecular complexity index is 434. The molecular weight excluding hydrogens is 342 g/mol. The molecule has 0 aliphatic rings. The Kier molecular flexibility index (Phi) is 21.0. The average Bonchev–Trinajstić information content (AvgIpc) is 2.68. The molecule has 2 N–H and O–H groups in total. The molecule has 2 heteroatoms. The quantitative estimate of drug-likeness (QED) is 0.127. The molecule has 28 heavy (non-hydrogen) atoms. The average molecular weight is 390 g/mol. The summed E-state index contributed by atoms with van der Waals surface area (Å²) in [6.07, 6.45) is 33.6. The molecule has 2 nitrogen and oxygen atoms in total. The van der Waals surface area contributed by atoms with Crippen LogP contribution in [0.2, 0.25) is 0 Å². The molecule has 0 unspecified atom stereocenters. The van der Waals surface area contributed by atoms with E-state index in [-0.39, 0.29) is 5.91 Å². The zero-order valence-electron chi connectivity index (χ0n) is 18.9. The van der Waals surface area contributed by atoms with Crippen LogP contribution in [-0.4, -0.2) is 5.91 Å². The van der Waals surface area contributed by atoms with E-state index in [0.717, 1.165) is 6.42 Å². The van der Waals surface area contributed by atoms with Gasteiger partial charge in [-0.05, 0) is 19.8 Å². The van der Waals surface area contributed by atoms with Gasteiger partial charge in [0, 0.05) is 5.57 Å². The van der Waals surface area contributed by atoms with Crippen LogP contribution in [0.4, 0.5) is 0 Å². The lowest BCUT2D eigenvalue weighted by Crippen LogP contribution is -2.11. The number of amides is 1. The number of hydrogen-bond donors (Lipinski definition) is 1. The van der Waals surface area contributed by atoms with Gasteiger partial charge in [-0.1, -0.05) is 134 Å². The van der Waals surface area contributed by atoms with Crippen LogP contribution in [0.3, 0.4) is 0 Å². The maximum atomic E-state index is 10.8. The molecule has 0 radical (unpaired) electrons. The molecule has 0 aromatic carbocycles. The molecule has 1 amide bonds. The highest BCUT2D eigenvalue weighted by atomic mass is 16.1. The summed E-state index contributed by atoms with van der Waals surface area (Å²) < 4.78 is 0. The number of carbonyl (C=O) groups excluding carboxylic acids is 1. The van der Waals surface area contributed by atoms with E-state index in [1.54, 1.807) is 13.0 Å². The van der Waals surface area contributed by atoms with Gasteiger partial charge in [-0.3, -0.25) is 4.79 Å². The first-order chi connectivity index (χ1) is 13.7.